The van der Waals surface area contributed by atoms with Gasteiger partial charge in [-0.25, -0.2) is 0 Å². The molecule has 1 fully saturated rings. The average molecular weight is 236 g/mol. The van der Waals surface area contributed by atoms with E-state index in [1.165, 1.54) is 0 Å². The molecule has 1 saturated heterocycles. The molecular formula is C12H16N2O3. The van der Waals surface area contributed by atoms with Gasteiger partial charge in [0.25, 0.3) is 0 Å². The molecular weight excluding hydrogens is 220 g/mol. The Morgan fingerprint density at radius 2 is 2.35 bits per heavy atom. The Balaban J connectivity index is 2.19. The molecule has 2 rings (SSSR count). The highest BCUT2D eigenvalue weighted by atomic mass is 16.6. The van der Waals surface area contributed by atoms with E-state index in [0.717, 1.165) is 25.9 Å². The van der Waals surface area contributed by atoms with Gasteiger partial charge >= 0.3 is 5.69 Å². The Hall–Kier alpha value is -1.62. The highest BCUT2D eigenvalue weighted by molar-refractivity contribution is 5.52. The molecule has 1 aliphatic rings. The van der Waals surface area contributed by atoms with E-state index < -0.39 is 0 Å². The van der Waals surface area contributed by atoms with E-state index in [4.69, 9.17) is 4.74 Å². The highest BCUT2D eigenvalue weighted by Gasteiger charge is 2.22. The van der Waals surface area contributed by atoms with Crippen LogP contribution in [0.5, 0.6) is 5.75 Å². The van der Waals surface area contributed by atoms with Crippen molar-refractivity contribution in [2.45, 2.75) is 25.9 Å². The second-order valence-corrected chi connectivity index (χ2v) is 4.26. The molecule has 0 amide bonds. The number of nitro benzene ring substituents is 1. The van der Waals surface area contributed by atoms with Gasteiger partial charge in [0.2, 0.25) is 0 Å². The van der Waals surface area contributed by atoms with Crippen molar-refractivity contribution in [2.75, 3.05) is 13.1 Å². The SMILES string of the molecule is Cc1cccc(O[C@H]2CCCNC2)c1[N+](=O)[O-]. The van der Waals surface area contributed by atoms with E-state index in [-0.39, 0.29) is 16.7 Å². The third-order valence-electron chi connectivity index (χ3n) is 2.93. The Labute approximate surface area is 99.9 Å². The molecule has 1 aromatic rings. The lowest BCUT2D eigenvalue weighted by atomic mass is 10.1. The molecule has 1 N–H and O–H groups in total. The van der Waals surface area contributed by atoms with Crippen LogP contribution in [0.1, 0.15) is 18.4 Å². The Bertz CT molecular complexity index is 414. The minimum absolute atomic E-state index is 0.0317. The summed E-state index contributed by atoms with van der Waals surface area (Å²) in [5.41, 5.74) is 0.717. The van der Waals surface area contributed by atoms with Crippen molar-refractivity contribution in [3.8, 4) is 5.75 Å². The summed E-state index contributed by atoms with van der Waals surface area (Å²) in [6.45, 7) is 3.48. The van der Waals surface area contributed by atoms with Gasteiger partial charge in [-0.2, -0.15) is 0 Å². The number of hydrogen-bond acceptors (Lipinski definition) is 4. The molecule has 0 saturated carbocycles. The largest absolute Gasteiger partial charge is 0.482 e. The highest BCUT2D eigenvalue weighted by Crippen LogP contribution is 2.31. The van der Waals surface area contributed by atoms with Crippen LogP contribution in [-0.2, 0) is 0 Å². The van der Waals surface area contributed by atoms with Crippen LogP contribution in [0.25, 0.3) is 0 Å². The molecule has 92 valence electrons. The van der Waals surface area contributed by atoms with Crippen molar-refractivity contribution < 1.29 is 9.66 Å². The lowest BCUT2D eigenvalue weighted by Crippen LogP contribution is -2.37. The number of aryl methyl sites for hydroxylation is 1. The molecule has 0 radical (unpaired) electrons. The third-order valence-corrected chi connectivity index (χ3v) is 2.93. The zero-order valence-electron chi connectivity index (χ0n) is 9.81. The van der Waals surface area contributed by atoms with E-state index in [1.807, 2.05) is 0 Å². The van der Waals surface area contributed by atoms with Crippen molar-refractivity contribution in [1.29, 1.82) is 0 Å². The van der Waals surface area contributed by atoms with Crippen molar-refractivity contribution >= 4 is 5.69 Å². The van der Waals surface area contributed by atoms with Gasteiger partial charge in [0.1, 0.15) is 6.10 Å². The molecule has 5 heteroatoms. The second-order valence-electron chi connectivity index (χ2n) is 4.26. The molecule has 17 heavy (non-hydrogen) atoms. The van der Waals surface area contributed by atoms with Gasteiger partial charge in [0, 0.05) is 12.1 Å². The number of para-hydroxylation sites is 1. The zero-order valence-corrected chi connectivity index (χ0v) is 9.81. The maximum absolute atomic E-state index is 11.0. The van der Waals surface area contributed by atoms with Crippen LogP contribution < -0.4 is 10.1 Å². The fourth-order valence-corrected chi connectivity index (χ4v) is 2.06. The standard InChI is InChI=1S/C12H16N2O3/c1-9-4-2-6-11(12(9)14(15)16)17-10-5-3-7-13-8-10/h2,4,6,10,13H,3,5,7-8H2,1H3/t10-/m0/s1. The minimum Gasteiger partial charge on any atom is -0.482 e. The van der Waals surface area contributed by atoms with Gasteiger partial charge in [-0.05, 0) is 32.4 Å². The maximum Gasteiger partial charge on any atom is 0.313 e. The van der Waals surface area contributed by atoms with Crippen LogP contribution in [0.4, 0.5) is 5.69 Å². The Kier molecular flexibility index (Phi) is 3.58. The van der Waals surface area contributed by atoms with Crippen molar-refractivity contribution in [1.82, 2.24) is 5.32 Å². The minimum atomic E-state index is -0.374. The number of benzene rings is 1. The topological polar surface area (TPSA) is 64.4 Å². The number of hydrogen-bond donors (Lipinski definition) is 1. The molecule has 1 aromatic carbocycles. The lowest BCUT2D eigenvalue weighted by molar-refractivity contribution is -0.386. The number of nitrogens with zero attached hydrogens (tertiary/aromatic N) is 1. The lowest BCUT2D eigenvalue weighted by Gasteiger charge is -2.23. The van der Waals surface area contributed by atoms with Crippen LogP contribution in [0.2, 0.25) is 0 Å². The van der Waals surface area contributed by atoms with Crippen LogP contribution in [-0.4, -0.2) is 24.1 Å². The summed E-state index contributed by atoms with van der Waals surface area (Å²) in [4.78, 5) is 10.6. The summed E-state index contributed by atoms with van der Waals surface area (Å²) in [6.07, 6.45) is 2.02. The van der Waals surface area contributed by atoms with E-state index in [9.17, 15) is 10.1 Å². The second kappa shape index (κ2) is 5.14. The average Bonchev–Trinajstić information content (AvgIpc) is 2.30. The number of rotatable bonds is 3. The summed E-state index contributed by atoms with van der Waals surface area (Å²) >= 11 is 0. The van der Waals surface area contributed by atoms with E-state index in [1.54, 1.807) is 25.1 Å². The number of piperidine rings is 1. The smallest absolute Gasteiger partial charge is 0.313 e. The van der Waals surface area contributed by atoms with Gasteiger partial charge < -0.3 is 10.1 Å². The van der Waals surface area contributed by atoms with Crippen LogP contribution in [0.15, 0.2) is 18.2 Å². The van der Waals surface area contributed by atoms with Gasteiger partial charge in [-0.1, -0.05) is 12.1 Å². The first kappa shape index (κ1) is 11.9. The fourth-order valence-electron chi connectivity index (χ4n) is 2.06. The quantitative estimate of drug-likeness (QED) is 0.644. The molecule has 0 spiro atoms. The summed E-state index contributed by atoms with van der Waals surface area (Å²) in [6, 6.07) is 5.18. The summed E-state index contributed by atoms with van der Waals surface area (Å²) in [5.74, 6) is 0.378. The van der Waals surface area contributed by atoms with Crippen LogP contribution >= 0.6 is 0 Å². The molecule has 1 atom stereocenters. The van der Waals surface area contributed by atoms with E-state index in [0.29, 0.717) is 11.3 Å². The number of nitrogens with one attached hydrogen (secondary N) is 1. The van der Waals surface area contributed by atoms with Crippen molar-refractivity contribution in [3.63, 3.8) is 0 Å². The van der Waals surface area contributed by atoms with Gasteiger partial charge in [-0.3, -0.25) is 10.1 Å². The van der Waals surface area contributed by atoms with E-state index >= 15 is 0 Å². The summed E-state index contributed by atoms with van der Waals surface area (Å²) in [7, 11) is 0. The van der Waals surface area contributed by atoms with Crippen LogP contribution in [0.3, 0.4) is 0 Å². The molecule has 0 aliphatic carbocycles. The number of nitro groups is 1. The normalized spacial score (nSPS) is 19.9. The first-order valence-electron chi connectivity index (χ1n) is 5.80. The van der Waals surface area contributed by atoms with E-state index in [2.05, 4.69) is 5.32 Å². The molecule has 5 nitrogen and oxygen atoms in total. The van der Waals surface area contributed by atoms with Crippen molar-refractivity contribution in [2.24, 2.45) is 0 Å². The van der Waals surface area contributed by atoms with Crippen LogP contribution in [0, 0.1) is 17.0 Å². The fraction of sp³-hybridized carbons (Fsp3) is 0.500. The molecule has 0 aromatic heterocycles. The summed E-state index contributed by atoms with van der Waals surface area (Å²) < 4.78 is 5.72. The maximum atomic E-state index is 11.0. The molecule has 1 aliphatic heterocycles. The Morgan fingerprint density at radius 3 is 3.00 bits per heavy atom. The predicted octanol–water partition coefficient (Wildman–Crippen LogP) is 2.03. The third kappa shape index (κ3) is 2.74. The first-order valence-corrected chi connectivity index (χ1v) is 5.80. The predicted molar refractivity (Wildman–Crippen MR) is 64.4 cm³/mol. The number of ether oxygens (including phenoxy) is 1. The van der Waals surface area contributed by atoms with Gasteiger partial charge in [-0.15, -0.1) is 0 Å². The van der Waals surface area contributed by atoms with Gasteiger partial charge in [0.15, 0.2) is 5.75 Å². The van der Waals surface area contributed by atoms with Gasteiger partial charge in [0.05, 0.1) is 4.92 Å². The summed E-state index contributed by atoms with van der Waals surface area (Å²) in [5, 5.41) is 14.2. The zero-order chi connectivity index (χ0) is 12.3. The van der Waals surface area contributed by atoms with Crippen molar-refractivity contribution in [3.05, 3.63) is 33.9 Å². The Morgan fingerprint density at radius 1 is 1.53 bits per heavy atom. The monoisotopic (exact) mass is 236 g/mol. The molecule has 0 unspecified atom stereocenters. The molecule has 0 bridgehead atoms. The molecule has 1 heterocycles. The first-order chi connectivity index (χ1) is 8.18.